The Labute approximate surface area is 158 Å². The number of carbonyl (C=O) groups excluding carboxylic acids is 1. The second-order valence-corrected chi connectivity index (χ2v) is 8.53. The van der Waals surface area contributed by atoms with Gasteiger partial charge in [0.1, 0.15) is 11.3 Å². The van der Waals surface area contributed by atoms with Crippen LogP contribution in [0.1, 0.15) is 61.9 Å². The number of aromatic nitrogens is 3. The van der Waals surface area contributed by atoms with Gasteiger partial charge in [-0.1, -0.05) is 12.8 Å². The molecule has 0 saturated heterocycles. The van der Waals surface area contributed by atoms with Crippen molar-refractivity contribution in [3.63, 3.8) is 0 Å². The molecule has 2 aromatic rings. The summed E-state index contributed by atoms with van der Waals surface area (Å²) < 4.78 is 2.11. The maximum absolute atomic E-state index is 13.0. The Morgan fingerprint density at radius 3 is 2.70 bits per heavy atom. The molecule has 144 valence electrons. The summed E-state index contributed by atoms with van der Waals surface area (Å²) in [5, 5.41) is 14.0. The van der Waals surface area contributed by atoms with Crippen LogP contribution < -0.4 is 5.32 Å². The van der Waals surface area contributed by atoms with Crippen molar-refractivity contribution in [3.8, 4) is 0 Å². The van der Waals surface area contributed by atoms with E-state index in [4.69, 9.17) is 4.98 Å². The minimum Gasteiger partial charge on any atom is -0.393 e. The van der Waals surface area contributed by atoms with Gasteiger partial charge in [0, 0.05) is 31.2 Å². The molecule has 0 bridgehead atoms. The summed E-state index contributed by atoms with van der Waals surface area (Å²) in [5.41, 5.74) is 1.51. The van der Waals surface area contributed by atoms with Crippen LogP contribution in [0.15, 0.2) is 12.3 Å². The van der Waals surface area contributed by atoms with E-state index in [2.05, 4.69) is 14.9 Å². The lowest BCUT2D eigenvalue weighted by Crippen LogP contribution is -2.54. The first-order valence-corrected chi connectivity index (χ1v) is 10.1. The van der Waals surface area contributed by atoms with Gasteiger partial charge in [-0.2, -0.15) is 4.98 Å². The average Bonchev–Trinajstić information content (AvgIpc) is 3.28. The molecule has 1 amide bonds. The van der Waals surface area contributed by atoms with E-state index < -0.39 is 0 Å². The highest BCUT2D eigenvalue weighted by molar-refractivity contribution is 5.99. The van der Waals surface area contributed by atoms with Crippen molar-refractivity contribution >= 4 is 22.9 Å². The first-order chi connectivity index (χ1) is 13.1. The number of fused-ring (bicyclic) bond motifs is 3. The molecule has 1 spiro atoms. The summed E-state index contributed by atoms with van der Waals surface area (Å²) in [6, 6.07) is 2.23. The molecule has 5 rings (SSSR count). The molecule has 7 heteroatoms. The van der Waals surface area contributed by atoms with Crippen molar-refractivity contribution in [3.05, 3.63) is 18.0 Å². The van der Waals surface area contributed by atoms with Crippen molar-refractivity contribution in [1.29, 1.82) is 0 Å². The summed E-state index contributed by atoms with van der Waals surface area (Å²) in [7, 11) is 1.95. The lowest BCUT2D eigenvalue weighted by atomic mass is 9.93. The highest BCUT2D eigenvalue weighted by Crippen LogP contribution is 2.41. The monoisotopic (exact) mass is 369 g/mol. The van der Waals surface area contributed by atoms with Crippen LogP contribution in [-0.2, 0) is 6.54 Å². The number of anilines is 1. The Hall–Kier alpha value is -2.15. The van der Waals surface area contributed by atoms with Crippen LogP contribution in [0.2, 0.25) is 0 Å². The number of aliphatic hydroxyl groups is 1. The predicted molar refractivity (Wildman–Crippen MR) is 103 cm³/mol. The second kappa shape index (κ2) is 6.19. The second-order valence-electron chi connectivity index (χ2n) is 8.53. The third-order valence-corrected chi connectivity index (χ3v) is 6.89. The van der Waals surface area contributed by atoms with Gasteiger partial charge in [-0.05, 0) is 44.6 Å². The van der Waals surface area contributed by atoms with Crippen LogP contribution in [0.4, 0.5) is 5.95 Å². The van der Waals surface area contributed by atoms with Gasteiger partial charge in [0.2, 0.25) is 5.95 Å². The van der Waals surface area contributed by atoms with Crippen LogP contribution in [0.25, 0.3) is 11.0 Å². The number of nitrogens with zero attached hydrogens (tertiary/aromatic N) is 4. The first-order valence-electron chi connectivity index (χ1n) is 10.1. The zero-order valence-corrected chi connectivity index (χ0v) is 15.8. The zero-order valence-electron chi connectivity index (χ0n) is 15.8. The number of likely N-dealkylation sites (N-methyl/N-ethyl adjacent to an activating group) is 1. The van der Waals surface area contributed by atoms with E-state index in [1.54, 1.807) is 0 Å². The lowest BCUT2D eigenvalue weighted by Gasteiger charge is -2.43. The highest BCUT2D eigenvalue weighted by Gasteiger charge is 2.45. The molecule has 2 N–H and O–H groups in total. The number of carbonyl (C=O) groups is 1. The minimum absolute atomic E-state index is 0.0614. The fraction of sp³-hybridized carbons (Fsp3) is 0.650. The Morgan fingerprint density at radius 1 is 1.22 bits per heavy atom. The molecule has 1 aliphatic heterocycles. The molecule has 2 aromatic heterocycles. The predicted octanol–water partition coefficient (Wildman–Crippen LogP) is 2.55. The van der Waals surface area contributed by atoms with Crippen molar-refractivity contribution in [2.24, 2.45) is 0 Å². The number of rotatable bonds is 2. The first kappa shape index (κ1) is 17.0. The normalized spacial score (nSPS) is 27.3. The van der Waals surface area contributed by atoms with Crippen LogP contribution in [0.5, 0.6) is 0 Å². The van der Waals surface area contributed by atoms with Crippen molar-refractivity contribution in [2.45, 2.75) is 75.6 Å². The van der Waals surface area contributed by atoms with Gasteiger partial charge in [-0.25, -0.2) is 4.98 Å². The number of aliphatic hydroxyl groups excluding tert-OH is 1. The largest absolute Gasteiger partial charge is 0.393 e. The molecule has 0 radical (unpaired) electrons. The maximum atomic E-state index is 13.0. The molecule has 0 unspecified atom stereocenters. The van der Waals surface area contributed by atoms with Gasteiger partial charge in [0.25, 0.3) is 5.91 Å². The van der Waals surface area contributed by atoms with Gasteiger partial charge in [-0.3, -0.25) is 4.79 Å². The van der Waals surface area contributed by atoms with Crippen LogP contribution in [0.3, 0.4) is 0 Å². The van der Waals surface area contributed by atoms with Gasteiger partial charge < -0.3 is 19.9 Å². The number of hydrogen-bond donors (Lipinski definition) is 2. The van der Waals surface area contributed by atoms with E-state index in [9.17, 15) is 9.90 Å². The Morgan fingerprint density at radius 2 is 1.96 bits per heavy atom. The van der Waals surface area contributed by atoms with Gasteiger partial charge in [-0.15, -0.1) is 0 Å². The third kappa shape index (κ3) is 2.71. The molecular weight excluding hydrogens is 342 g/mol. The Bertz CT molecular complexity index is 878. The fourth-order valence-electron chi connectivity index (χ4n) is 5.16. The highest BCUT2D eigenvalue weighted by atomic mass is 16.3. The van der Waals surface area contributed by atoms with Crippen LogP contribution >= 0.6 is 0 Å². The van der Waals surface area contributed by atoms with Gasteiger partial charge in [0.15, 0.2) is 0 Å². The van der Waals surface area contributed by atoms with E-state index >= 15 is 0 Å². The zero-order chi connectivity index (χ0) is 18.6. The summed E-state index contributed by atoms with van der Waals surface area (Å²) >= 11 is 0. The van der Waals surface area contributed by atoms with E-state index in [0.29, 0.717) is 12.0 Å². The molecule has 0 atom stereocenters. The molecule has 2 aliphatic carbocycles. The third-order valence-electron chi connectivity index (χ3n) is 6.89. The Balaban J connectivity index is 1.48. The van der Waals surface area contributed by atoms with E-state index in [1.165, 1.54) is 12.8 Å². The molecule has 3 aliphatic rings. The van der Waals surface area contributed by atoms with Crippen LogP contribution in [-0.4, -0.2) is 55.2 Å². The SMILES string of the molecule is CN1C(=O)c2cc3cnc(NC4CCC(O)CC4)nc3n2CC12CCCC2. The Kier molecular flexibility index (Phi) is 3.89. The molecule has 7 nitrogen and oxygen atoms in total. The fourth-order valence-corrected chi connectivity index (χ4v) is 5.16. The van der Waals surface area contributed by atoms with Crippen molar-refractivity contribution < 1.29 is 9.90 Å². The summed E-state index contributed by atoms with van der Waals surface area (Å²) in [4.78, 5) is 24.2. The number of amides is 1. The van der Waals surface area contributed by atoms with Gasteiger partial charge in [0.05, 0.1) is 11.6 Å². The van der Waals surface area contributed by atoms with Crippen molar-refractivity contribution in [1.82, 2.24) is 19.4 Å². The molecule has 27 heavy (non-hydrogen) atoms. The maximum Gasteiger partial charge on any atom is 0.270 e. The van der Waals surface area contributed by atoms with Crippen molar-refractivity contribution in [2.75, 3.05) is 12.4 Å². The molecule has 0 aromatic carbocycles. The van der Waals surface area contributed by atoms with E-state index in [-0.39, 0.29) is 17.6 Å². The minimum atomic E-state index is -0.172. The summed E-state index contributed by atoms with van der Waals surface area (Å²) in [6.45, 7) is 0.820. The molecular formula is C20H27N5O2. The van der Waals surface area contributed by atoms with Crippen LogP contribution in [0, 0.1) is 0 Å². The topological polar surface area (TPSA) is 83.3 Å². The number of nitrogens with one attached hydrogen (secondary N) is 1. The van der Waals surface area contributed by atoms with E-state index in [0.717, 1.165) is 61.8 Å². The smallest absolute Gasteiger partial charge is 0.270 e. The molecule has 2 saturated carbocycles. The summed E-state index contributed by atoms with van der Waals surface area (Å²) in [5.74, 6) is 0.716. The number of hydrogen-bond acceptors (Lipinski definition) is 5. The molecule has 2 fully saturated rings. The summed E-state index contributed by atoms with van der Waals surface area (Å²) in [6.07, 6.45) is 9.65. The lowest BCUT2D eigenvalue weighted by molar-refractivity contribution is 0.0434. The quantitative estimate of drug-likeness (QED) is 0.850. The average molecular weight is 369 g/mol. The van der Waals surface area contributed by atoms with Gasteiger partial charge >= 0.3 is 0 Å². The van der Waals surface area contributed by atoms with E-state index in [1.807, 2.05) is 24.2 Å². The standard InChI is InChI=1S/C20H27N5O2/c1-24-18(27)16-10-13-11-21-19(22-14-4-6-15(26)7-5-14)23-17(13)25(16)12-20(24)8-2-3-9-20/h10-11,14-15,26H,2-9,12H2,1H3,(H,21,22,23). The molecule has 3 heterocycles.